The summed E-state index contributed by atoms with van der Waals surface area (Å²) in [5, 5.41) is 17.2. The quantitative estimate of drug-likeness (QED) is 0.722. The predicted octanol–water partition coefficient (Wildman–Crippen LogP) is 2.78. The molecule has 7 nitrogen and oxygen atoms in total. The van der Waals surface area contributed by atoms with Crippen LogP contribution in [0, 0.1) is 16.7 Å². The van der Waals surface area contributed by atoms with E-state index in [1.807, 2.05) is 0 Å². The van der Waals surface area contributed by atoms with Gasteiger partial charge in [0.1, 0.15) is 11.5 Å². The number of fused-ring (bicyclic) bond motifs is 2. The number of anilines is 2. The summed E-state index contributed by atoms with van der Waals surface area (Å²) in [4.78, 5) is 5.89. The second kappa shape index (κ2) is 5.13. The maximum atomic E-state index is 14.0. The van der Waals surface area contributed by atoms with Crippen molar-refractivity contribution in [3.63, 3.8) is 0 Å². The topological polar surface area (TPSA) is 105 Å². The molecule has 1 aliphatic heterocycles. The van der Waals surface area contributed by atoms with Crippen LogP contribution >= 0.6 is 0 Å². The average molecular weight is 386 g/mol. The average Bonchev–Trinajstić information content (AvgIpc) is 2.97. The monoisotopic (exact) mass is 386 g/mol. The van der Waals surface area contributed by atoms with Crippen LogP contribution in [0.25, 0.3) is 10.9 Å². The van der Waals surface area contributed by atoms with Gasteiger partial charge in [-0.1, -0.05) is 5.10 Å². The number of piperidine rings is 1. The molecule has 5 rings (SSSR count). The van der Waals surface area contributed by atoms with Gasteiger partial charge in [-0.15, -0.1) is 5.10 Å². The van der Waals surface area contributed by atoms with Crippen LogP contribution in [-0.4, -0.2) is 34.4 Å². The molecule has 28 heavy (non-hydrogen) atoms. The van der Waals surface area contributed by atoms with Crippen molar-refractivity contribution in [2.24, 2.45) is 5.41 Å². The number of halogens is 3. The predicted molar refractivity (Wildman–Crippen MR) is 92.2 cm³/mol. The Labute approximate surface area is 156 Å². The van der Waals surface area contributed by atoms with Crippen molar-refractivity contribution < 1.29 is 17.6 Å². The Balaban J connectivity index is 1.63. The molecule has 3 heterocycles. The molecule has 2 aromatic heterocycles. The van der Waals surface area contributed by atoms with E-state index in [0.717, 1.165) is 0 Å². The molecule has 0 amide bonds. The lowest BCUT2D eigenvalue weighted by Gasteiger charge is -2.25. The maximum Gasteiger partial charge on any atom is 0.397 e. The van der Waals surface area contributed by atoms with E-state index >= 15 is 0 Å². The van der Waals surface area contributed by atoms with E-state index in [1.165, 1.54) is 0 Å². The zero-order valence-corrected chi connectivity index (χ0v) is 14.4. The first-order valence-corrected chi connectivity index (χ1v) is 8.50. The highest BCUT2D eigenvalue weighted by atomic mass is 19.4. The third-order valence-electron chi connectivity index (χ3n) is 5.92. The smallest absolute Gasteiger partial charge is 0.397 e. The summed E-state index contributed by atoms with van der Waals surface area (Å²) in [6.07, 6.45) is -3.01. The van der Waals surface area contributed by atoms with E-state index in [2.05, 4.69) is 21.3 Å². The first kappa shape index (κ1) is 16.8. The Morgan fingerprint density at radius 1 is 1.21 bits per heavy atom. The molecular formula is C18H13F3N6O. The number of nitrogens with zero attached hydrogens (tertiary/aromatic N) is 5. The number of hydrogen-bond acceptors (Lipinski definition) is 7. The van der Waals surface area contributed by atoms with Gasteiger partial charge in [0.15, 0.2) is 0 Å². The summed E-state index contributed by atoms with van der Waals surface area (Å²) in [7, 11) is 0. The minimum Gasteiger partial charge on any atom is -0.408 e. The standard InChI is InChI=1S/C18H13F3N6O/c19-18(20,21)17-7-16(17,14-25-26-15(23)28-14)8-27(9-17)12-4-3-10(6-22)13-11(12)2-1-5-24-13/h1-5H,7-9H2,(H2,23,26)/t16-,17-/m0/s1. The molecular weight excluding hydrogens is 373 g/mol. The molecule has 0 unspecified atom stereocenters. The molecule has 2 fully saturated rings. The number of aromatic nitrogens is 3. The maximum absolute atomic E-state index is 14.0. The van der Waals surface area contributed by atoms with Crippen LogP contribution in [0.3, 0.4) is 0 Å². The minimum absolute atomic E-state index is 0.0596. The van der Waals surface area contributed by atoms with E-state index in [4.69, 9.17) is 10.2 Å². The van der Waals surface area contributed by atoms with Crippen LogP contribution in [0.15, 0.2) is 34.9 Å². The number of alkyl halides is 3. The van der Waals surface area contributed by atoms with Crippen molar-refractivity contribution >= 4 is 22.6 Å². The summed E-state index contributed by atoms with van der Waals surface area (Å²) in [5.74, 6) is -0.0825. The third-order valence-corrected chi connectivity index (χ3v) is 5.92. The van der Waals surface area contributed by atoms with Crippen molar-refractivity contribution in [1.82, 2.24) is 15.2 Å². The van der Waals surface area contributed by atoms with Gasteiger partial charge in [0.2, 0.25) is 5.89 Å². The highest BCUT2D eigenvalue weighted by Crippen LogP contribution is 2.75. The number of pyridine rings is 1. The van der Waals surface area contributed by atoms with Gasteiger partial charge in [-0.05, 0) is 30.7 Å². The van der Waals surface area contributed by atoms with Gasteiger partial charge >= 0.3 is 12.2 Å². The van der Waals surface area contributed by atoms with E-state index < -0.39 is 17.0 Å². The van der Waals surface area contributed by atoms with E-state index in [9.17, 15) is 18.4 Å². The van der Waals surface area contributed by atoms with E-state index in [1.54, 1.807) is 35.4 Å². The normalized spacial score (nSPS) is 26.3. The SMILES string of the molecule is N#Cc1ccc(N2C[C@]3(c4nnc(N)o4)C[C@]3(C(F)(F)F)C2)c2cccnc12. The molecule has 1 saturated carbocycles. The summed E-state index contributed by atoms with van der Waals surface area (Å²) in [5.41, 5.74) is 3.58. The number of rotatable bonds is 2. The molecule has 1 aliphatic carbocycles. The lowest BCUT2D eigenvalue weighted by atomic mass is 9.95. The molecule has 10 heteroatoms. The number of hydrogen-bond donors (Lipinski definition) is 1. The fraction of sp³-hybridized carbons (Fsp3) is 0.333. The second-order valence-electron chi connectivity index (χ2n) is 7.28. The zero-order chi connectivity index (χ0) is 19.7. The van der Waals surface area contributed by atoms with Crippen LogP contribution in [-0.2, 0) is 5.41 Å². The molecule has 3 aromatic rings. The van der Waals surface area contributed by atoms with Crippen LogP contribution < -0.4 is 10.6 Å². The van der Waals surface area contributed by atoms with Gasteiger partial charge < -0.3 is 15.1 Å². The Hall–Kier alpha value is -3.35. The van der Waals surface area contributed by atoms with Gasteiger partial charge in [0, 0.05) is 30.4 Å². The Morgan fingerprint density at radius 3 is 2.71 bits per heavy atom. The summed E-state index contributed by atoms with van der Waals surface area (Å²) in [6, 6.07) is 8.49. The fourth-order valence-corrected chi connectivity index (χ4v) is 4.52. The molecule has 0 spiro atoms. The minimum atomic E-state index is -4.44. The lowest BCUT2D eigenvalue weighted by Crippen LogP contribution is -2.34. The van der Waals surface area contributed by atoms with Crippen molar-refractivity contribution in [2.45, 2.75) is 18.0 Å². The molecule has 1 saturated heterocycles. The van der Waals surface area contributed by atoms with Crippen molar-refractivity contribution in [3.8, 4) is 6.07 Å². The number of nitrogen functional groups attached to an aromatic ring is 1. The summed E-state index contributed by atoms with van der Waals surface area (Å²) >= 11 is 0. The summed E-state index contributed by atoms with van der Waals surface area (Å²) in [6.45, 7) is -0.182. The molecule has 2 N–H and O–H groups in total. The molecule has 2 aliphatic rings. The summed E-state index contributed by atoms with van der Waals surface area (Å²) < 4.78 is 47.3. The second-order valence-corrected chi connectivity index (χ2v) is 7.28. The Bertz CT molecular complexity index is 1150. The zero-order valence-electron chi connectivity index (χ0n) is 14.4. The van der Waals surface area contributed by atoms with Crippen LogP contribution in [0.1, 0.15) is 17.9 Å². The van der Waals surface area contributed by atoms with Gasteiger partial charge in [-0.3, -0.25) is 4.98 Å². The highest BCUT2D eigenvalue weighted by Gasteiger charge is 2.86. The van der Waals surface area contributed by atoms with Gasteiger partial charge in [0.05, 0.1) is 16.5 Å². The molecule has 0 bridgehead atoms. The van der Waals surface area contributed by atoms with Gasteiger partial charge in [0.25, 0.3) is 0 Å². The van der Waals surface area contributed by atoms with E-state index in [0.29, 0.717) is 22.2 Å². The molecule has 0 radical (unpaired) electrons. The van der Waals surface area contributed by atoms with Crippen LogP contribution in [0.4, 0.5) is 24.9 Å². The molecule has 2 atom stereocenters. The molecule has 142 valence electrons. The first-order chi connectivity index (χ1) is 13.3. The third kappa shape index (κ3) is 1.96. The van der Waals surface area contributed by atoms with Gasteiger partial charge in [-0.25, -0.2) is 0 Å². The van der Waals surface area contributed by atoms with Gasteiger partial charge in [-0.2, -0.15) is 18.4 Å². The largest absolute Gasteiger partial charge is 0.408 e. The van der Waals surface area contributed by atoms with Crippen molar-refractivity contribution in [1.29, 1.82) is 5.26 Å². The Kier molecular flexibility index (Phi) is 3.08. The highest BCUT2D eigenvalue weighted by molar-refractivity contribution is 5.95. The molecule has 1 aromatic carbocycles. The lowest BCUT2D eigenvalue weighted by molar-refractivity contribution is -0.187. The number of benzene rings is 1. The van der Waals surface area contributed by atoms with Crippen molar-refractivity contribution in [2.75, 3.05) is 23.7 Å². The number of nitriles is 1. The Morgan fingerprint density at radius 2 is 2.04 bits per heavy atom. The van der Waals surface area contributed by atoms with Crippen LogP contribution in [0.5, 0.6) is 0 Å². The van der Waals surface area contributed by atoms with Crippen molar-refractivity contribution in [3.05, 3.63) is 41.9 Å². The van der Waals surface area contributed by atoms with E-state index in [-0.39, 0.29) is 31.4 Å². The van der Waals surface area contributed by atoms with Crippen LogP contribution in [0.2, 0.25) is 0 Å². The fourth-order valence-electron chi connectivity index (χ4n) is 4.52. The first-order valence-electron chi connectivity index (χ1n) is 8.50. The number of nitrogens with two attached hydrogens (primary N) is 1.